The van der Waals surface area contributed by atoms with Gasteiger partial charge in [0.05, 0.1) is 5.75 Å². The highest BCUT2D eigenvalue weighted by molar-refractivity contribution is 7.89. The van der Waals surface area contributed by atoms with E-state index >= 15 is 0 Å². The van der Waals surface area contributed by atoms with Gasteiger partial charge >= 0.3 is 0 Å². The molecule has 3 aromatic rings. The number of amides is 1. The summed E-state index contributed by atoms with van der Waals surface area (Å²) >= 11 is 0. The fraction of sp³-hybridized carbons (Fsp3) is 0.429. The first-order valence-corrected chi connectivity index (χ1v) is 14.3. The van der Waals surface area contributed by atoms with Crippen molar-refractivity contribution in [3.63, 3.8) is 0 Å². The summed E-state index contributed by atoms with van der Waals surface area (Å²) in [5.41, 5.74) is 1.50. The molecule has 5 rings (SSSR count). The number of unbranched alkanes of at least 4 members (excludes halogenated alkanes) is 1. The first-order chi connectivity index (χ1) is 17.0. The van der Waals surface area contributed by atoms with Crippen molar-refractivity contribution in [2.75, 3.05) is 5.75 Å². The van der Waals surface area contributed by atoms with E-state index in [0.717, 1.165) is 35.6 Å². The van der Waals surface area contributed by atoms with Crippen LogP contribution in [0.4, 0.5) is 0 Å². The summed E-state index contributed by atoms with van der Waals surface area (Å²) in [5.74, 6) is 0.126. The van der Waals surface area contributed by atoms with Crippen LogP contribution in [0.3, 0.4) is 0 Å². The van der Waals surface area contributed by atoms with Gasteiger partial charge in [-0.05, 0) is 49.1 Å². The number of hydrogen-bond acceptors (Lipinski definition) is 4. The molecular formula is C28H33N3O3S. The van der Waals surface area contributed by atoms with Gasteiger partial charge in [0.1, 0.15) is 5.69 Å². The lowest BCUT2D eigenvalue weighted by Crippen LogP contribution is -2.54. The van der Waals surface area contributed by atoms with Gasteiger partial charge in [0.25, 0.3) is 5.91 Å². The van der Waals surface area contributed by atoms with Crippen LogP contribution in [0.15, 0.2) is 66.9 Å². The zero-order valence-corrected chi connectivity index (χ0v) is 21.0. The molecule has 2 atom stereocenters. The minimum absolute atomic E-state index is 0.0221. The molecule has 0 radical (unpaired) electrons. The molecule has 3 heterocycles. The highest BCUT2D eigenvalue weighted by Crippen LogP contribution is 2.40. The Labute approximate surface area is 208 Å². The topological polar surface area (TPSA) is 70.6 Å². The Kier molecular flexibility index (Phi) is 6.89. The Hall–Kier alpha value is -2.77. The quantitative estimate of drug-likeness (QED) is 0.445. The van der Waals surface area contributed by atoms with Crippen molar-refractivity contribution in [3.8, 4) is 0 Å². The lowest BCUT2D eigenvalue weighted by atomic mass is 9.97. The van der Waals surface area contributed by atoms with Crippen LogP contribution >= 0.6 is 0 Å². The number of aromatic nitrogens is 1. The van der Waals surface area contributed by atoms with Crippen LogP contribution in [0.2, 0.25) is 0 Å². The fourth-order valence-corrected chi connectivity index (χ4v) is 7.90. The molecule has 2 saturated heterocycles. The molecule has 0 aliphatic carbocycles. The molecule has 0 saturated carbocycles. The molecule has 2 aromatic carbocycles. The maximum Gasteiger partial charge on any atom is 0.273 e. The van der Waals surface area contributed by atoms with Crippen LogP contribution < -0.4 is 0 Å². The molecular weight excluding hydrogens is 458 g/mol. The van der Waals surface area contributed by atoms with E-state index in [4.69, 9.17) is 0 Å². The predicted octanol–water partition coefficient (Wildman–Crippen LogP) is 5.00. The normalized spacial score (nSPS) is 22.4. The van der Waals surface area contributed by atoms with E-state index in [2.05, 4.69) is 4.98 Å². The van der Waals surface area contributed by atoms with Crippen molar-refractivity contribution < 1.29 is 13.2 Å². The van der Waals surface area contributed by atoms with Crippen LogP contribution in [0.1, 0.15) is 61.5 Å². The molecule has 0 spiro atoms. The Morgan fingerprint density at radius 1 is 1.00 bits per heavy atom. The summed E-state index contributed by atoms with van der Waals surface area (Å²) in [4.78, 5) is 20.3. The number of benzene rings is 2. The highest BCUT2D eigenvalue weighted by Gasteiger charge is 2.48. The molecule has 1 aromatic heterocycles. The van der Waals surface area contributed by atoms with E-state index in [1.165, 1.54) is 0 Å². The van der Waals surface area contributed by atoms with Gasteiger partial charge in [-0.25, -0.2) is 8.42 Å². The molecule has 0 N–H and O–H groups in total. The van der Waals surface area contributed by atoms with Gasteiger partial charge < -0.3 is 4.90 Å². The van der Waals surface area contributed by atoms with Crippen LogP contribution in [0, 0.1) is 0 Å². The highest BCUT2D eigenvalue weighted by atomic mass is 32.2. The molecule has 2 fully saturated rings. The number of rotatable bonds is 8. The average molecular weight is 492 g/mol. The van der Waals surface area contributed by atoms with Crippen molar-refractivity contribution in [3.05, 3.63) is 78.1 Å². The standard InChI is InChI=1S/C28H33N3O3S/c1-2-3-15-35(33,34)31-24-13-14-25(31)18-26(17-24)30(20-21-9-5-4-6-10-21)28(32)27-16-22-11-7-8-12-23(22)19-29-27/h4-12,16,19,24-26H,2-3,13-15,17-18,20H2,1H3. The minimum Gasteiger partial charge on any atom is -0.330 e. The predicted molar refractivity (Wildman–Crippen MR) is 138 cm³/mol. The number of hydrogen-bond donors (Lipinski definition) is 0. The molecule has 184 valence electrons. The Bertz CT molecular complexity index is 1280. The third kappa shape index (κ3) is 4.98. The molecule has 1 amide bonds. The summed E-state index contributed by atoms with van der Waals surface area (Å²) in [6, 6.07) is 19.7. The van der Waals surface area contributed by atoms with Crippen molar-refractivity contribution >= 4 is 26.7 Å². The summed E-state index contributed by atoms with van der Waals surface area (Å²) in [5, 5.41) is 1.99. The molecule has 2 aliphatic heterocycles. The van der Waals surface area contributed by atoms with E-state index in [-0.39, 0.29) is 29.8 Å². The summed E-state index contributed by atoms with van der Waals surface area (Å²) in [6.07, 6.45) is 6.40. The van der Waals surface area contributed by atoms with Crippen LogP contribution in [0.5, 0.6) is 0 Å². The molecule has 6 nitrogen and oxygen atoms in total. The van der Waals surface area contributed by atoms with E-state index in [0.29, 0.717) is 31.5 Å². The lowest BCUT2D eigenvalue weighted by Gasteiger charge is -2.42. The molecule has 35 heavy (non-hydrogen) atoms. The van der Waals surface area contributed by atoms with E-state index in [1.807, 2.05) is 72.5 Å². The molecule has 7 heteroatoms. The van der Waals surface area contributed by atoms with E-state index < -0.39 is 10.0 Å². The van der Waals surface area contributed by atoms with Crippen molar-refractivity contribution in [2.45, 2.75) is 70.1 Å². The second kappa shape index (κ2) is 10.1. The van der Waals surface area contributed by atoms with Crippen molar-refractivity contribution in [1.82, 2.24) is 14.2 Å². The SMILES string of the molecule is CCCCS(=O)(=O)N1C2CCC1CC(N(Cc1ccccc1)C(=O)c1cc3ccccc3cn1)C2. The Balaban J connectivity index is 1.43. The number of sulfonamides is 1. The van der Waals surface area contributed by atoms with Gasteiger partial charge in [-0.1, -0.05) is 67.9 Å². The fourth-order valence-electron chi connectivity index (χ4n) is 5.74. The smallest absolute Gasteiger partial charge is 0.273 e. The van der Waals surface area contributed by atoms with Crippen LogP contribution in [0.25, 0.3) is 10.8 Å². The van der Waals surface area contributed by atoms with Crippen molar-refractivity contribution in [1.29, 1.82) is 0 Å². The third-order valence-electron chi connectivity index (χ3n) is 7.47. The van der Waals surface area contributed by atoms with Crippen LogP contribution in [-0.2, 0) is 16.6 Å². The maximum absolute atomic E-state index is 13.9. The second-order valence-electron chi connectivity index (χ2n) is 9.85. The molecule has 2 aliphatic rings. The van der Waals surface area contributed by atoms with Crippen molar-refractivity contribution in [2.24, 2.45) is 0 Å². The Morgan fingerprint density at radius 3 is 2.34 bits per heavy atom. The summed E-state index contributed by atoms with van der Waals surface area (Å²) in [6.45, 7) is 2.51. The van der Waals surface area contributed by atoms with Gasteiger partial charge in [0, 0.05) is 36.3 Å². The van der Waals surface area contributed by atoms with Gasteiger partial charge in [0.15, 0.2) is 0 Å². The van der Waals surface area contributed by atoms with Gasteiger partial charge in [-0.2, -0.15) is 4.31 Å². The number of piperidine rings is 1. The number of nitrogens with zero attached hydrogens (tertiary/aromatic N) is 3. The van der Waals surface area contributed by atoms with Gasteiger partial charge in [-0.15, -0.1) is 0 Å². The zero-order chi connectivity index (χ0) is 24.4. The van der Waals surface area contributed by atoms with E-state index in [9.17, 15) is 13.2 Å². The monoisotopic (exact) mass is 491 g/mol. The zero-order valence-electron chi connectivity index (χ0n) is 20.2. The molecule has 2 unspecified atom stereocenters. The summed E-state index contributed by atoms with van der Waals surface area (Å²) < 4.78 is 28.0. The first-order valence-electron chi connectivity index (χ1n) is 12.7. The first kappa shape index (κ1) is 23.9. The average Bonchev–Trinajstić information content (AvgIpc) is 3.17. The van der Waals surface area contributed by atoms with Gasteiger partial charge in [-0.3, -0.25) is 9.78 Å². The van der Waals surface area contributed by atoms with Crippen LogP contribution in [-0.4, -0.2) is 52.4 Å². The minimum atomic E-state index is -3.27. The second-order valence-corrected chi connectivity index (χ2v) is 11.8. The number of pyridine rings is 1. The Morgan fingerprint density at radius 2 is 1.66 bits per heavy atom. The molecule has 2 bridgehead atoms. The van der Waals surface area contributed by atoms with Gasteiger partial charge in [0.2, 0.25) is 10.0 Å². The lowest BCUT2D eigenvalue weighted by molar-refractivity contribution is 0.0529. The number of carbonyl (C=O) groups excluding carboxylic acids is 1. The number of carbonyl (C=O) groups is 1. The third-order valence-corrected chi connectivity index (χ3v) is 9.51. The van der Waals surface area contributed by atoms with E-state index in [1.54, 1.807) is 10.5 Å². The summed E-state index contributed by atoms with van der Waals surface area (Å²) in [7, 11) is -3.27. The number of fused-ring (bicyclic) bond motifs is 3. The largest absolute Gasteiger partial charge is 0.330 e. The maximum atomic E-state index is 13.9.